The Hall–Kier alpha value is -1.24. The van der Waals surface area contributed by atoms with Crippen LogP contribution in [-0.4, -0.2) is 63.4 Å². The Morgan fingerprint density at radius 2 is 2.00 bits per heavy atom. The fraction of sp³-hybridized carbons (Fsp3) is 0.600. The van der Waals surface area contributed by atoms with Crippen LogP contribution in [0.25, 0.3) is 0 Å². The third-order valence-corrected chi connectivity index (χ3v) is 4.09. The van der Waals surface area contributed by atoms with Gasteiger partial charge in [-0.25, -0.2) is 8.78 Å². The summed E-state index contributed by atoms with van der Waals surface area (Å²) in [6.45, 7) is 6.75. The van der Waals surface area contributed by atoms with Crippen molar-refractivity contribution in [2.45, 2.75) is 6.10 Å². The summed E-state index contributed by atoms with van der Waals surface area (Å²) in [5.41, 5.74) is 0.492. The van der Waals surface area contributed by atoms with Crippen molar-refractivity contribution in [1.29, 1.82) is 0 Å². The van der Waals surface area contributed by atoms with Gasteiger partial charge < -0.3 is 15.0 Å². The molecule has 1 N–H and O–H groups in total. The van der Waals surface area contributed by atoms with E-state index in [-0.39, 0.29) is 6.10 Å². The van der Waals surface area contributed by atoms with E-state index < -0.39 is 11.6 Å². The predicted octanol–water partition coefficient (Wildman–Crippen LogP) is 1.08. The Bertz CT molecular complexity index is 472. The Morgan fingerprint density at radius 3 is 2.67 bits per heavy atom. The molecular weight excluding hydrogens is 276 g/mol. The van der Waals surface area contributed by atoms with E-state index in [0.29, 0.717) is 5.69 Å². The van der Waals surface area contributed by atoms with Crippen molar-refractivity contribution in [3.63, 3.8) is 0 Å². The maximum Gasteiger partial charge on any atom is 0.149 e. The summed E-state index contributed by atoms with van der Waals surface area (Å²) in [6, 6.07) is 3.78. The third-order valence-electron chi connectivity index (χ3n) is 4.09. The van der Waals surface area contributed by atoms with Crippen LogP contribution in [0, 0.1) is 11.6 Å². The van der Waals surface area contributed by atoms with Gasteiger partial charge in [-0.2, -0.15) is 0 Å². The lowest BCUT2D eigenvalue weighted by Crippen LogP contribution is -2.52. The molecule has 21 heavy (non-hydrogen) atoms. The number of nitrogens with zero attached hydrogens (tertiary/aromatic N) is 2. The van der Waals surface area contributed by atoms with E-state index >= 15 is 0 Å². The molecule has 2 aliphatic rings. The summed E-state index contributed by atoms with van der Waals surface area (Å²) in [6.07, 6.45) is 0.243. The number of benzene rings is 1. The van der Waals surface area contributed by atoms with Crippen LogP contribution in [0.5, 0.6) is 0 Å². The van der Waals surface area contributed by atoms with Crippen LogP contribution in [0.2, 0.25) is 0 Å². The molecule has 2 saturated heterocycles. The number of anilines is 1. The molecule has 0 aromatic heterocycles. The quantitative estimate of drug-likeness (QED) is 0.903. The molecule has 3 rings (SSSR count). The highest BCUT2D eigenvalue weighted by Gasteiger charge is 2.23. The van der Waals surface area contributed by atoms with Gasteiger partial charge in [0, 0.05) is 51.9 Å². The second kappa shape index (κ2) is 6.68. The minimum Gasteiger partial charge on any atom is -0.374 e. The lowest BCUT2D eigenvalue weighted by atomic mass is 10.2. The Balaban J connectivity index is 1.52. The van der Waals surface area contributed by atoms with E-state index in [9.17, 15) is 8.78 Å². The standard InChI is InChI=1S/C15H21F2N3O/c16-12-1-2-15(14(17)9-12)20-6-4-19(5-7-20)11-13-10-18-3-8-21-13/h1-2,9,13,18H,3-8,10-11H2/t13-/m0/s1. The molecule has 0 aliphatic carbocycles. The van der Waals surface area contributed by atoms with Crippen LogP contribution in [0.3, 0.4) is 0 Å². The van der Waals surface area contributed by atoms with Gasteiger partial charge >= 0.3 is 0 Å². The molecular formula is C15H21F2N3O. The van der Waals surface area contributed by atoms with Crippen LogP contribution >= 0.6 is 0 Å². The Kier molecular flexibility index (Phi) is 4.67. The molecule has 1 aromatic carbocycles. The topological polar surface area (TPSA) is 27.7 Å². The zero-order chi connectivity index (χ0) is 14.7. The van der Waals surface area contributed by atoms with E-state index in [1.165, 1.54) is 12.1 Å². The van der Waals surface area contributed by atoms with Crippen molar-refractivity contribution < 1.29 is 13.5 Å². The monoisotopic (exact) mass is 297 g/mol. The van der Waals surface area contributed by atoms with Gasteiger partial charge in [0.05, 0.1) is 18.4 Å². The van der Waals surface area contributed by atoms with Gasteiger partial charge in [-0.05, 0) is 12.1 Å². The SMILES string of the molecule is Fc1ccc(N2CCN(C[C@@H]3CNCCO3)CC2)c(F)c1. The summed E-state index contributed by atoms with van der Waals surface area (Å²) < 4.78 is 32.4. The van der Waals surface area contributed by atoms with Gasteiger partial charge in [0.25, 0.3) is 0 Å². The van der Waals surface area contributed by atoms with Crippen molar-refractivity contribution in [2.24, 2.45) is 0 Å². The van der Waals surface area contributed by atoms with Crippen molar-refractivity contribution in [3.8, 4) is 0 Å². The molecule has 0 spiro atoms. The maximum absolute atomic E-state index is 13.8. The van der Waals surface area contributed by atoms with Crippen LogP contribution in [0.1, 0.15) is 0 Å². The fourth-order valence-corrected chi connectivity index (χ4v) is 2.93. The molecule has 2 fully saturated rings. The summed E-state index contributed by atoms with van der Waals surface area (Å²) in [5, 5.41) is 3.32. The van der Waals surface area contributed by atoms with Crippen LogP contribution in [0.15, 0.2) is 18.2 Å². The van der Waals surface area contributed by atoms with Crippen molar-refractivity contribution in [3.05, 3.63) is 29.8 Å². The van der Waals surface area contributed by atoms with Crippen LogP contribution < -0.4 is 10.2 Å². The normalized spacial score (nSPS) is 24.3. The minimum atomic E-state index is -0.531. The number of rotatable bonds is 3. The molecule has 0 unspecified atom stereocenters. The molecule has 1 aromatic rings. The molecule has 0 amide bonds. The first-order chi connectivity index (χ1) is 10.2. The van der Waals surface area contributed by atoms with Gasteiger partial charge in [-0.3, -0.25) is 4.90 Å². The van der Waals surface area contributed by atoms with E-state index in [0.717, 1.165) is 58.5 Å². The minimum absolute atomic E-state index is 0.243. The number of nitrogens with one attached hydrogen (secondary N) is 1. The largest absolute Gasteiger partial charge is 0.374 e. The molecule has 2 heterocycles. The number of ether oxygens (including phenoxy) is 1. The number of piperazine rings is 1. The van der Waals surface area contributed by atoms with Crippen molar-refractivity contribution in [2.75, 3.05) is 57.3 Å². The van der Waals surface area contributed by atoms with E-state index in [1.54, 1.807) is 0 Å². The first-order valence-corrected chi connectivity index (χ1v) is 7.47. The average molecular weight is 297 g/mol. The molecule has 0 bridgehead atoms. The van der Waals surface area contributed by atoms with Gasteiger partial charge in [-0.15, -0.1) is 0 Å². The smallest absolute Gasteiger partial charge is 0.149 e. The first-order valence-electron chi connectivity index (χ1n) is 7.47. The fourth-order valence-electron chi connectivity index (χ4n) is 2.93. The second-order valence-corrected chi connectivity index (χ2v) is 5.58. The zero-order valence-corrected chi connectivity index (χ0v) is 12.0. The number of hydrogen-bond acceptors (Lipinski definition) is 4. The lowest BCUT2D eigenvalue weighted by molar-refractivity contribution is 0.00463. The van der Waals surface area contributed by atoms with E-state index in [4.69, 9.17) is 4.74 Å². The summed E-state index contributed by atoms with van der Waals surface area (Å²) in [5.74, 6) is -1.01. The Labute approximate surface area is 123 Å². The molecule has 2 aliphatic heterocycles. The molecule has 0 radical (unpaired) electrons. The summed E-state index contributed by atoms with van der Waals surface area (Å²) in [4.78, 5) is 4.32. The maximum atomic E-state index is 13.8. The van der Waals surface area contributed by atoms with Crippen LogP contribution in [0.4, 0.5) is 14.5 Å². The van der Waals surface area contributed by atoms with Crippen molar-refractivity contribution in [1.82, 2.24) is 10.2 Å². The molecule has 0 saturated carbocycles. The third kappa shape index (κ3) is 3.70. The number of morpholine rings is 1. The first kappa shape index (κ1) is 14.7. The van der Waals surface area contributed by atoms with Crippen molar-refractivity contribution >= 4 is 5.69 Å². The average Bonchev–Trinajstić information content (AvgIpc) is 2.49. The molecule has 116 valence electrons. The summed E-state index contributed by atoms with van der Waals surface area (Å²) >= 11 is 0. The second-order valence-electron chi connectivity index (χ2n) is 5.58. The number of halogens is 2. The zero-order valence-electron chi connectivity index (χ0n) is 12.0. The lowest BCUT2D eigenvalue weighted by Gasteiger charge is -2.38. The molecule has 6 heteroatoms. The van der Waals surface area contributed by atoms with E-state index in [1.807, 2.05) is 4.90 Å². The van der Waals surface area contributed by atoms with Gasteiger partial charge in [0.2, 0.25) is 0 Å². The van der Waals surface area contributed by atoms with Gasteiger partial charge in [-0.1, -0.05) is 0 Å². The van der Waals surface area contributed by atoms with Crippen LogP contribution in [-0.2, 0) is 4.74 Å². The Morgan fingerprint density at radius 1 is 1.19 bits per heavy atom. The van der Waals surface area contributed by atoms with E-state index in [2.05, 4.69) is 10.2 Å². The van der Waals surface area contributed by atoms with Gasteiger partial charge in [0.15, 0.2) is 0 Å². The molecule has 4 nitrogen and oxygen atoms in total. The summed E-state index contributed by atoms with van der Waals surface area (Å²) in [7, 11) is 0. The highest BCUT2D eigenvalue weighted by molar-refractivity contribution is 5.48. The highest BCUT2D eigenvalue weighted by Crippen LogP contribution is 2.21. The van der Waals surface area contributed by atoms with Gasteiger partial charge in [0.1, 0.15) is 11.6 Å². The molecule has 1 atom stereocenters. The highest BCUT2D eigenvalue weighted by atomic mass is 19.1. The number of hydrogen-bond donors (Lipinski definition) is 1. The predicted molar refractivity (Wildman–Crippen MR) is 77.6 cm³/mol.